The summed E-state index contributed by atoms with van der Waals surface area (Å²) in [7, 11) is 0. The highest BCUT2D eigenvalue weighted by Crippen LogP contribution is 2.07. The van der Waals surface area contributed by atoms with E-state index in [-0.39, 0.29) is 11.9 Å². The molecular formula is C17H23N3O2. The Bertz CT molecular complexity index is 608. The van der Waals surface area contributed by atoms with Crippen LogP contribution in [0, 0.1) is 13.8 Å². The molecule has 0 aliphatic carbocycles. The van der Waals surface area contributed by atoms with Crippen LogP contribution in [-0.2, 0) is 11.4 Å². The van der Waals surface area contributed by atoms with Crippen molar-refractivity contribution in [1.82, 2.24) is 15.3 Å². The number of hydrogen-bond donors (Lipinski definition) is 1. The van der Waals surface area contributed by atoms with Crippen molar-refractivity contribution in [2.24, 2.45) is 0 Å². The number of aromatic nitrogens is 2. The van der Waals surface area contributed by atoms with E-state index in [0.29, 0.717) is 13.0 Å². The number of nitrogens with one attached hydrogen (secondary N) is 1. The molecule has 1 aromatic carbocycles. The van der Waals surface area contributed by atoms with Crippen LogP contribution in [0.25, 0.3) is 0 Å². The van der Waals surface area contributed by atoms with Crippen LogP contribution in [0.3, 0.4) is 0 Å². The zero-order valence-corrected chi connectivity index (χ0v) is 13.4. The first kappa shape index (κ1) is 16.4. The van der Waals surface area contributed by atoms with Gasteiger partial charge in [0.2, 0.25) is 5.91 Å². The summed E-state index contributed by atoms with van der Waals surface area (Å²) in [5, 5.41) is 4.22. The third kappa shape index (κ3) is 4.51. The lowest BCUT2D eigenvalue weighted by Gasteiger charge is -2.16. The van der Waals surface area contributed by atoms with Crippen molar-refractivity contribution in [3.8, 4) is 0 Å². The van der Waals surface area contributed by atoms with E-state index < -0.39 is 0 Å². The van der Waals surface area contributed by atoms with Gasteiger partial charge in [-0.3, -0.25) is 9.63 Å². The summed E-state index contributed by atoms with van der Waals surface area (Å²) in [5.74, 6) is -0.0201. The van der Waals surface area contributed by atoms with Crippen LogP contribution in [0.2, 0.25) is 0 Å². The van der Waals surface area contributed by atoms with Gasteiger partial charge in [-0.2, -0.15) is 10.6 Å². The fourth-order valence-electron chi connectivity index (χ4n) is 2.27. The minimum Gasteiger partial charge on any atom is -0.297 e. The molecule has 2 aromatic rings. The molecule has 2 rings (SSSR count). The minimum atomic E-state index is -0.0277. The van der Waals surface area contributed by atoms with Gasteiger partial charge in [-0.15, -0.1) is 0 Å². The molecule has 0 unspecified atom stereocenters. The van der Waals surface area contributed by atoms with Crippen molar-refractivity contribution in [3.63, 3.8) is 0 Å². The van der Waals surface area contributed by atoms with E-state index in [0.717, 1.165) is 23.4 Å². The maximum atomic E-state index is 12.3. The second-order valence-corrected chi connectivity index (χ2v) is 5.43. The topological polar surface area (TPSA) is 56.2 Å². The van der Waals surface area contributed by atoms with E-state index in [2.05, 4.69) is 10.6 Å². The molecule has 0 aliphatic rings. The number of carbonyl (C=O) groups is 1. The van der Waals surface area contributed by atoms with Crippen molar-refractivity contribution in [2.75, 3.05) is 0 Å². The zero-order chi connectivity index (χ0) is 15.9. The van der Waals surface area contributed by atoms with Crippen molar-refractivity contribution < 1.29 is 9.63 Å². The third-order valence-electron chi connectivity index (χ3n) is 3.49. The summed E-state index contributed by atoms with van der Waals surface area (Å²) in [6, 6.07) is 11.8. The van der Waals surface area contributed by atoms with Crippen LogP contribution >= 0.6 is 0 Å². The average molecular weight is 301 g/mol. The van der Waals surface area contributed by atoms with Gasteiger partial charge in [0.05, 0.1) is 12.3 Å². The van der Waals surface area contributed by atoms with Gasteiger partial charge in [-0.25, -0.2) is 4.68 Å². The second-order valence-electron chi connectivity index (χ2n) is 5.43. The summed E-state index contributed by atoms with van der Waals surface area (Å²) in [6.07, 6.45) is 1.16. The molecule has 0 aliphatic heterocycles. The summed E-state index contributed by atoms with van der Waals surface area (Å²) in [4.78, 5) is 17.8. The smallest absolute Gasteiger partial charge is 0.248 e. The maximum absolute atomic E-state index is 12.3. The predicted molar refractivity (Wildman–Crippen MR) is 85.4 cm³/mol. The van der Waals surface area contributed by atoms with E-state index >= 15 is 0 Å². The Labute approximate surface area is 131 Å². The lowest BCUT2D eigenvalue weighted by atomic mass is 10.1. The van der Waals surface area contributed by atoms with Crippen molar-refractivity contribution in [2.45, 2.75) is 46.3 Å². The maximum Gasteiger partial charge on any atom is 0.248 e. The standard InChI is InChI=1S/C17H23N3O2/c1-4-16(19-22-12-15-8-6-5-7-9-15)11-17(21)20-14(3)10-13(2)18-20/h5-10,16,19H,4,11-12H2,1-3H3/t16-/m0/s1. The summed E-state index contributed by atoms with van der Waals surface area (Å²) >= 11 is 0. The Morgan fingerprint density at radius 2 is 2.05 bits per heavy atom. The predicted octanol–water partition coefficient (Wildman–Crippen LogP) is 3.03. The molecule has 1 aromatic heterocycles. The molecule has 0 fully saturated rings. The summed E-state index contributed by atoms with van der Waals surface area (Å²) in [6.45, 7) is 6.27. The molecule has 1 N–H and O–H groups in total. The Hall–Kier alpha value is -1.98. The number of hydroxylamine groups is 1. The Kier molecular flexibility index (Phi) is 5.86. The molecule has 1 atom stereocenters. The van der Waals surface area contributed by atoms with Crippen molar-refractivity contribution in [3.05, 3.63) is 53.3 Å². The molecule has 1 heterocycles. The highest BCUT2D eigenvalue weighted by Gasteiger charge is 2.16. The molecule has 0 saturated heterocycles. The van der Waals surface area contributed by atoms with Crippen LogP contribution < -0.4 is 5.48 Å². The van der Waals surface area contributed by atoms with Gasteiger partial charge in [-0.1, -0.05) is 37.3 Å². The number of benzene rings is 1. The average Bonchev–Trinajstić information content (AvgIpc) is 2.86. The van der Waals surface area contributed by atoms with E-state index in [9.17, 15) is 4.79 Å². The SMILES string of the molecule is CC[C@@H](CC(=O)n1nc(C)cc1C)NOCc1ccccc1. The van der Waals surface area contributed by atoms with Gasteiger partial charge < -0.3 is 0 Å². The van der Waals surface area contributed by atoms with Gasteiger partial charge in [0, 0.05) is 18.2 Å². The van der Waals surface area contributed by atoms with Crippen LogP contribution in [0.5, 0.6) is 0 Å². The van der Waals surface area contributed by atoms with E-state index in [1.165, 1.54) is 4.68 Å². The van der Waals surface area contributed by atoms with Crippen LogP contribution in [0.15, 0.2) is 36.4 Å². The number of carbonyl (C=O) groups excluding carboxylic acids is 1. The van der Waals surface area contributed by atoms with Crippen molar-refractivity contribution >= 4 is 5.91 Å². The molecule has 0 radical (unpaired) electrons. The lowest BCUT2D eigenvalue weighted by Crippen LogP contribution is -2.33. The van der Waals surface area contributed by atoms with Crippen LogP contribution in [0.1, 0.15) is 41.5 Å². The fourth-order valence-corrected chi connectivity index (χ4v) is 2.27. The molecule has 0 bridgehead atoms. The Balaban J connectivity index is 1.84. The van der Waals surface area contributed by atoms with Gasteiger partial charge in [0.1, 0.15) is 0 Å². The Morgan fingerprint density at radius 3 is 2.64 bits per heavy atom. The van der Waals surface area contributed by atoms with E-state index in [1.807, 2.05) is 57.2 Å². The molecule has 5 heteroatoms. The zero-order valence-electron chi connectivity index (χ0n) is 13.4. The monoisotopic (exact) mass is 301 g/mol. The molecule has 0 amide bonds. The normalized spacial score (nSPS) is 12.3. The largest absolute Gasteiger partial charge is 0.297 e. The number of nitrogens with zero attached hydrogens (tertiary/aromatic N) is 2. The highest BCUT2D eigenvalue weighted by atomic mass is 16.6. The van der Waals surface area contributed by atoms with Crippen molar-refractivity contribution in [1.29, 1.82) is 0 Å². The second kappa shape index (κ2) is 7.87. The number of hydrogen-bond acceptors (Lipinski definition) is 4. The molecular weight excluding hydrogens is 278 g/mol. The van der Waals surface area contributed by atoms with Gasteiger partial charge in [0.15, 0.2) is 0 Å². The molecule has 118 valence electrons. The molecule has 5 nitrogen and oxygen atoms in total. The fraction of sp³-hybridized carbons (Fsp3) is 0.412. The van der Waals surface area contributed by atoms with Crippen LogP contribution in [0.4, 0.5) is 0 Å². The Morgan fingerprint density at radius 1 is 1.32 bits per heavy atom. The highest BCUT2D eigenvalue weighted by molar-refractivity contribution is 5.79. The quantitative estimate of drug-likeness (QED) is 0.799. The van der Waals surface area contributed by atoms with Gasteiger partial charge in [-0.05, 0) is 31.9 Å². The molecule has 0 spiro atoms. The van der Waals surface area contributed by atoms with Gasteiger partial charge in [0.25, 0.3) is 0 Å². The lowest BCUT2D eigenvalue weighted by molar-refractivity contribution is 0.000781. The van der Waals surface area contributed by atoms with Gasteiger partial charge >= 0.3 is 0 Å². The first-order chi connectivity index (χ1) is 10.6. The van der Waals surface area contributed by atoms with E-state index in [1.54, 1.807) is 0 Å². The summed E-state index contributed by atoms with van der Waals surface area (Å²) < 4.78 is 1.47. The first-order valence-electron chi connectivity index (χ1n) is 7.58. The van der Waals surface area contributed by atoms with Crippen LogP contribution in [-0.4, -0.2) is 21.7 Å². The molecule has 0 saturated carbocycles. The summed E-state index contributed by atoms with van der Waals surface area (Å²) in [5.41, 5.74) is 5.79. The first-order valence-corrected chi connectivity index (χ1v) is 7.58. The number of aryl methyl sites for hydroxylation is 2. The van der Waals surface area contributed by atoms with E-state index in [4.69, 9.17) is 4.84 Å². The third-order valence-corrected chi connectivity index (χ3v) is 3.49. The number of rotatable bonds is 7. The minimum absolute atomic E-state index is 0.0201. The molecule has 22 heavy (non-hydrogen) atoms.